The molecule has 0 saturated carbocycles. The third kappa shape index (κ3) is 12.6. The largest absolute Gasteiger partial charge is 0.525 e. The number of carbonyl (C=O) groups excluding carboxylic acids is 2. The van der Waals surface area contributed by atoms with Crippen LogP contribution >= 0.6 is 35.2 Å². The molecule has 0 saturated heterocycles. The molecule has 0 aliphatic carbocycles. The van der Waals surface area contributed by atoms with Crippen molar-refractivity contribution in [2.24, 2.45) is 5.41 Å². The molecule has 2 unspecified atom stereocenters. The summed E-state index contributed by atoms with van der Waals surface area (Å²) in [5.74, 6) is -5.26. The van der Waals surface area contributed by atoms with Crippen molar-refractivity contribution in [2.75, 3.05) is 24.6 Å². The molecule has 29 heteroatoms. The second kappa shape index (κ2) is 17.6. The number of aliphatic hydroxyl groups excluding tert-OH is 2. The lowest BCUT2D eigenvalue weighted by Gasteiger charge is -2.29. The molecule has 0 bridgehead atoms. The summed E-state index contributed by atoms with van der Waals surface area (Å²) >= 11 is 1.01. The van der Waals surface area contributed by atoms with Crippen LogP contribution in [0.5, 0.6) is 11.5 Å². The van der Waals surface area contributed by atoms with Gasteiger partial charge < -0.3 is 55.5 Å². The van der Waals surface area contributed by atoms with Crippen molar-refractivity contribution < 1.29 is 85.6 Å². The predicted molar refractivity (Wildman–Crippen MR) is 175 cm³/mol. The van der Waals surface area contributed by atoms with Gasteiger partial charge in [-0.25, -0.2) is 33.2 Å². The van der Waals surface area contributed by atoms with E-state index in [1.54, 1.807) is 0 Å². The number of fused-ring (bicyclic) bond motifs is 1. The maximum Gasteiger partial charge on any atom is 0.525 e. The summed E-state index contributed by atoms with van der Waals surface area (Å²) in [7, 11) is -16.6. The average Bonchev–Trinajstić information content (AvgIpc) is 3.58. The highest BCUT2D eigenvalue weighted by molar-refractivity contribution is 8.02. The quantitative estimate of drug-likeness (QED) is 0.0502. The molecule has 0 aromatic carbocycles. The van der Waals surface area contributed by atoms with E-state index in [2.05, 4.69) is 38.9 Å². The molecule has 3 aromatic heterocycles. The lowest BCUT2D eigenvalue weighted by atomic mass is 9.87. The SMILES string of the molecule is CC(C)(COP(=O)(O)OP(=O)(O)OCc1oc(-n2cnc3c(N)ncnc32)c(O)c1OP(=O)(O)O)[C@@H](O)C(=O)NCCC(=O)N/C=C/SCC(O)O. The van der Waals surface area contributed by atoms with Gasteiger partial charge >= 0.3 is 23.5 Å². The zero-order valence-electron chi connectivity index (χ0n) is 26.8. The molecule has 0 radical (unpaired) electrons. The van der Waals surface area contributed by atoms with Crippen molar-refractivity contribution in [3.05, 3.63) is 30.0 Å². The van der Waals surface area contributed by atoms with Crippen LogP contribution in [0.3, 0.4) is 0 Å². The fourth-order valence-electron chi connectivity index (χ4n) is 3.70. The van der Waals surface area contributed by atoms with Crippen LogP contribution in [0.25, 0.3) is 17.0 Å². The molecular formula is C23H34N7O18P3S. The van der Waals surface area contributed by atoms with Crippen molar-refractivity contribution in [1.82, 2.24) is 30.2 Å². The Morgan fingerprint density at radius 1 is 1.10 bits per heavy atom. The zero-order valence-corrected chi connectivity index (χ0v) is 30.3. The van der Waals surface area contributed by atoms with Gasteiger partial charge in [0.1, 0.15) is 25.4 Å². The smallest absolute Gasteiger partial charge is 0.500 e. The Bertz CT molecular complexity index is 1910. The number of aromatic nitrogens is 4. The number of aliphatic hydroxyl groups is 3. The number of nitrogens with zero attached hydrogens (tertiary/aromatic N) is 4. The van der Waals surface area contributed by atoms with Gasteiger partial charge in [-0.15, -0.1) is 11.8 Å². The van der Waals surface area contributed by atoms with E-state index < -0.39 is 89.4 Å². The Morgan fingerprint density at radius 2 is 1.77 bits per heavy atom. The maximum absolute atomic E-state index is 12.6. The summed E-state index contributed by atoms with van der Waals surface area (Å²) in [6.07, 6.45) is -0.367. The van der Waals surface area contributed by atoms with Gasteiger partial charge in [-0.3, -0.25) is 28.4 Å². The fraction of sp³-hybridized carbons (Fsp3) is 0.435. The third-order valence-electron chi connectivity index (χ3n) is 6.14. The molecule has 290 valence electrons. The van der Waals surface area contributed by atoms with Crippen LogP contribution < -0.4 is 20.9 Å². The highest BCUT2D eigenvalue weighted by Gasteiger charge is 2.41. The van der Waals surface area contributed by atoms with E-state index in [-0.39, 0.29) is 35.7 Å². The number of nitrogens with two attached hydrogens (primary N) is 1. The molecule has 12 N–H and O–H groups in total. The Labute approximate surface area is 296 Å². The number of imidazole rings is 1. The molecule has 25 nitrogen and oxygen atoms in total. The van der Waals surface area contributed by atoms with Gasteiger partial charge in [0.2, 0.25) is 23.3 Å². The third-order valence-corrected chi connectivity index (χ3v) is 9.94. The second-order valence-corrected chi connectivity index (χ2v) is 16.0. The summed E-state index contributed by atoms with van der Waals surface area (Å²) in [6.45, 7) is -0.00888. The number of aromatic hydroxyl groups is 1. The van der Waals surface area contributed by atoms with Gasteiger partial charge in [0.15, 0.2) is 29.0 Å². The van der Waals surface area contributed by atoms with Crippen molar-refractivity contribution in [3.8, 4) is 17.4 Å². The normalized spacial score (nSPS) is 15.4. The van der Waals surface area contributed by atoms with E-state index in [9.17, 15) is 53.1 Å². The van der Waals surface area contributed by atoms with Crippen LogP contribution in [0.1, 0.15) is 26.0 Å². The topological polar surface area (TPSA) is 391 Å². The number of nitrogens with one attached hydrogen (secondary N) is 2. The highest BCUT2D eigenvalue weighted by Crippen LogP contribution is 2.61. The maximum atomic E-state index is 12.6. The van der Waals surface area contributed by atoms with Gasteiger partial charge in [0, 0.05) is 30.3 Å². The summed E-state index contributed by atoms with van der Waals surface area (Å²) in [6, 6.07) is 0. The molecule has 52 heavy (non-hydrogen) atoms. The number of anilines is 1. The second-order valence-electron chi connectivity index (χ2n) is 10.8. The van der Waals surface area contributed by atoms with Crippen LogP contribution in [0.4, 0.5) is 5.82 Å². The predicted octanol–water partition coefficient (Wildman–Crippen LogP) is -0.557. The lowest BCUT2D eigenvalue weighted by Crippen LogP contribution is -2.46. The first kappa shape index (κ1) is 43.0. The summed E-state index contributed by atoms with van der Waals surface area (Å²) in [4.78, 5) is 74.7. The number of carbonyl (C=O) groups is 2. The zero-order chi connectivity index (χ0) is 39.1. The number of phosphoric ester groups is 3. The van der Waals surface area contributed by atoms with Gasteiger partial charge in [-0.2, -0.15) is 4.31 Å². The van der Waals surface area contributed by atoms with E-state index in [0.717, 1.165) is 29.0 Å². The molecule has 3 atom stereocenters. The van der Waals surface area contributed by atoms with Crippen LogP contribution in [0, 0.1) is 5.41 Å². The van der Waals surface area contributed by atoms with E-state index >= 15 is 0 Å². The Hall–Kier alpha value is -3.45. The van der Waals surface area contributed by atoms with Crippen molar-refractivity contribution in [2.45, 2.75) is 39.3 Å². The Morgan fingerprint density at radius 3 is 2.42 bits per heavy atom. The number of nitrogen functional groups attached to an aromatic ring is 1. The molecule has 0 spiro atoms. The number of hydrogen-bond acceptors (Lipinski definition) is 19. The first-order valence-corrected chi connectivity index (χ1v) is 19.7. The first-order chi connectivity index (χ1) is 24.0. The molecule has 0 aliphatic rings. The number of rotatable bonds is 20. The summed E-state index contributed by atoms with van der Waals surface area (Å²) < 4.78 is 61.0. The minimum Gasteiger partial charge on any atom is -0.500 e. The molecule has 3 heterocycles. The number of thioether (sulfide) groups is 1. The molecular weight excluding hydrogens is 787 g/mol. The fourth-order valence-corrected chi connectivity index (χ4v) is 6.77. The minimum absolute atomic E-state index is 0.0237. The van der Waals surface area contributed by atoms with Crippen molar-refractivity contribution in [1.29, 1.82) is 0 Å². The van der Waals surface area contributed by atoms with E-state index in [0.29, 0.717) is 0 Å². The summed E-state index contributed by atoms with van der Waals surface area (Å²) in [5.41, 5.74) is 4.05. The highest BCUT2D eigenvalue weighted by atomic mass is 32.2. The van der Waals surface area contributed by atoms with Gasteiger partial charge in [0.25, 0.3) is 5.88 Å². The van der Waals surface area contributed by atoms with Gasteiger partial charge in [-0.1, -0.05) is 13.8 Å². The Kier molecular flexibility index (Phi) is 14.5. The monoisotopic (exact) mass is 821 g/mol. The van der Waals surface area contributed by atoms with Crippen LogP contribution in [0.15, 0.2) is 28.7 Å². The van der Waals surface area contributed by atoms with Gasteiger partial charge in [0.05, 0.1) is 6.61 Å². The van der Waals surface area contributed by atoms with Crippen molar-refractivity contribution >= 4 is 64.0 Å². The molecule has 0 aliphatic heterocycles. The average molecular weight is 822 g/mol. The Balaban J connectivity index is 1.60. The van der Waals surface area contributed by atoms with E-state index in [1.165, 1.54) is 25.5 Å². The molecule has 3 aromatic rings. The number of amides is 2. The lowest BCUT2D eigenvalue weighted by molar-refractivity contribution is -0.137. The van der Waals surface area contributed by atoms with Gasteiger partial charge in [-0.05, 0) is 5.41 Å². The van der Waals surface area contributed by atoms with Crippen molar-refractivity contribution in [3.63, 3.8) is 0 Å². The number of phosphoric acid groups is 3. The molecule has 3 rings (SSSR count). The van der Waals surface area contributed by atoms with Crippen LogP contribution in [0.2, 0.25) is 0 Å². The van der Waals surface area contributed by atoms with Crippen LogP contribution in [-0.2, 0) is 43.2 Å². The van der Waals surface area contributed by atoms with Crippen LogP contribution in [-0.4, -0.2) is 103 Å². The standard InChI is InChI=1S/C23H34N7O18P3S/c1-23(2,18(35)21(36)26-4-3-13(31)25-5-6-52-8-14(32)33)9-45-51(42,43)48-50(40,41)44-7-12-17(47-49(37,38)39)16(34)22(46-12)30-11-29-15-19(24)27-10-28-20(15)30/h5-6,10-11,14,18,32-35H,3-4,7-9H2,1-2H3,(H,25,31)(H,26,36)(H,40,41)(H,42,43)(H2,24,27,28)(H2,37,38,39)/b6-5+/t18-/m0/s1. The van der Waals surface area contributed by atoms with E-state index in [4.69, 9.17) is 24.9 Å². The molecule has 2 amide bonds. The number of furan rings is 1. The number of hydrogen-bond donors (Lipinski definition) is 11. The van der Waals surface area contributed by atoms with E-state index in [1.807, 2.05) is 0 Å². The summed E-state index contributed by atoms with van der Waals surface area (Å²) in [5, 5.41) is 44.6. The first-order valence-electron chi connectivity index (χ1n) is 14.1. The minimum atomic E-state index is -5.62. The molecule has 0 fully saturated rings.